The molecule has 3 aromatic carbocycles. The highest BCUT2D eigenvalue weighted by Crippen LogP contribution is 2.21. The summed E-state index contributed by atoms with van der Waals surface area (Å²) in [6, 6.07) is 21.3. The van der Waals surface area contributed by atoms with Gasteiger partial charge in [-0.05, 0) is 54.5 Å². The van der Waals surface area contributed by atoms with E-state index in [-0.39, 0.29) is 11.6 Å². The highest BCUT2D eigenvalue weighted by atomic mass is 19.1. The summed E-state index contributed by atoms with van der Waals surface area (Å²) in [5.74, 6) is -0.159. The first-order chi connectivity index (χ1) is 14.1. The number of aryl methyl sites for hydroxylation is 1. The lowest BCUT2D eigenvalue weighted by Crippen LogP contribution is -2.05. The van der Waals surface area contributed by atoms with Crippen molar-refractivity contribution in [3.63, 3.8) is 0 Å². The van der Waals surface area contributed by atoms with E-state index in [4.69, 9.17) is 9.47 Å². The summed E-state index contributed by atoms with van der Waals surface area (Å²) in [6.45, 7) is 2.53. The summed E-state index contributed by atoms with van der Waals surface area (Å²) in [5.41, 5.74) is 3.66. The molecule has 0 bridgehead atoms. The fourth-order valence-electron chi connectivity index (χ4n) is 2.82. The Morgan fingerprint density at radius 2 is 1.79 bits per heavy atom. The summed E-state index contributed by atoms with van der Waals surface area (Å²) in [6.07, 6.45) is 1.62. The third kappa shape index (κ3) is 4.58. The Labute approximate surface area is 167 Å². The van der Waals surface area contributed by atoms with Crippen LogP contribution in [0.15, 0.2) is 83.5 Å². The number of hydrogen-bond acceptors (Lipinski definition) is 4. The fourth-order valence-corrected chi connectivity index (χ4v) is 2.82. The van der Waals surface area contributed by atoms with Crippen LogP contribution in [0.1, 0.15) is 22.3 Å². The number of aliphatic imine (C=N–C) groups is 1. The molecule has 0 spiro atoms. The predicted octanol–water partition coefficient (Wildman–Crippen LogP) is 5.06. The molecule has 4 rings (SSSR count). The van der Waals surface area contributed by atoms with Gasteiger partial charge in [-0.25, -0.2) is 14.2 Å². The van der Waals surface area contributed by atoms with Crippen LogP contribution >= 0.6 is 0 Å². The Morgan fingerprint density at radius 3 is 2.52 bits per heavy atom. The molecule has 0 saturated carbocycles. The van der Waals surface area contributed by atoms with E-state index in [0.717, 1.165) is 16.9 Å². The zero-order valence-corrected chi connectivity index (χ0v) is 15.8. The molecule has 0 aliphatic carbocycles. The number of nitrogens with zero attached hydrogens (tertiary/aromatic N) is 1. The van der Waals surface area contributed by atoms with E-state index >= 15 is 0 Å². The molecule has 0 radical (unpaired) electrons. The standard InChI is InChI=1S/C24H18FNO3/c1-16-5-7-18(8-6-16)15-28-21-11-9-17(10-12-21)13-22-24(27)29-23(26-22)19-3-2-4-20(25)14-19/h2-14H,15H2,1H3/b22-13-. The minimum atomic E-state index is -0.566. The minimum absolute atomic E-state index is 0.0961. The minimum Gasteiger partial charge on any atom is -0.489 e. The molecule has 1 aliphatic rings. The van der Waals surface area contributed by atoms with Gasteiger partial charge in [-0.3, -0.25) is 0 Å². The van der Waals surface area contributed by atoms with Crippen molar-refractivity contribution in [2.45, 2.75) is 13.5 Å². The van der Waals surface area contributed by atoms with Crippen molar-refractivity contribution in [3.05, 3.63) is 107 Å². The highest BCUT2D eigenvalue weighted by molar-refractivity contribution is 6.12. The maximum Gasteiger partial charge on any atom is 0.363 e. The lowest BCUT2D eigenvalue weighted by Gasteiger charge is -2.07. The molecule has 0 saturated heterocycles. The monoisotopic (exact) mass is 387 g/mol. The van der Waals surface area contributed by atoms with Gasteiger partial charge in [-0.1, -0.05) is 48.0 Å². The van der Waals surface area contributed by atoms with Crippen LogP contribution in [-0.4, -0.2) is 11.9 Å². The van der Waals surface area contributed by atoms with Crippen LogP contribution in [0.4, 0.5) is 4.39 Å². The number of rotatable bonds is 5. The number of cyclic esters (lactones) is 1. The Hall–Kier alpha value is -3.73. The fraction of sp³-hybridized carbons (Fsp3) is 0.0833. The Balaban J connectivity index is 1.45. The first kappa shape index (κ1) is 18.6. The molecule has 1 aliphatic heterocycles. The van der Waals surface area contributed by atoms with Crippen LogP contribution in [-0.2, 0) is 16.1 Å². The molecular weight excluding hydrogens is 369 g/mol. The Bertz CT molecular complexity index is 1100. The van der Waals surface area contributed by atoms with E-state index in [1.54, 1.807) is 12.1 Å². The summed E-state index contributed by atoms with van der Waals surface area (Å²) in [5, 5.41) is 0. The van der Waals surface area contributed by atoms with E-state index in [1.165, 1.54) is 23.8 Å². The molecular formula is C24H18FNO3. The van der Waals surface area contributed by atoms with Crippen LogP contribution in [0.2, 0.25) is 0 Å². The second-order valence-corrected chi connectivity index (χ2v) is 6.69. The summed E-state index contributed by atoms with van der Waals surface area (Å²) < 4.78 is 24.3. The van der Waals surface area contributed by atoms with Crippen molar-refractivity contribution in [2.24, 2.45) is 4.99 Å². The topological polar surface area (TPSA) is 47.9 Å². The number of carbonyl (C=O) groups is 1. The zero-order chi connectivity index (χ0) is 20.2. The summed E-state index contributed by atoms with van der Waals surface area (Å²) in [4.78, 5) is 16.3. The molecule has 5 heteroatoms. The molecule has 0 N–H and O–H groups in total. The first-order valence-electron chi connectivity index (χ1n) is 9.14. The van der Waals surface area contributed by atoms with Gasteiger partial charge in [0.1, 0.15) is 18.2 Å². The average molecular weight is 387 g/mol. The van der Waals surface area contributed by atoms with Crippen molar-refractivity contribution in [2.75, 3.05) is 0 Å². The van der Waals surface area contributed by atoms with E-state index in [0.29, 0.717) is 12.2 Å². The maximum absolute atomic E-state index is 13.4. The molecule has 144 valence electrons. The van der Waals surface area contributed by atoms with Crippen molar-refractivity contribution in [3.8, 4) is 5.75 Å². The summed E-state index contributed by atoms with van der Waals surface area (Å²) >= 11 is 0. The third-order valence-corrected chi connectivity index (χ3v) is 4.40. The van der Waals surface area contributed by atoms with Crippen molar-refractivity contribution < 1.29 is 18.7 Å². The van der Waals surface area contributed by atoms with E-state index in [9.17, 15) is 9.18 Å². The highest BCUT2D eigenvalue weighted by Gasteiger charge is 2.24. The molecule has 29 heavy (non-hydrogen) atoms. The van der Waals surface area contributed by atoms with Crippen molar-refractivity contribution in [1.29, 1.82) is 0 Å². The van der Waals surface area contributed by atoms with Crippen molar-refractivity contribution >= 4 is 17.9 Å². The second kappa shape index (κ2) is 8.10. The lowest BCUT2D eigenvalue weighted by molar-refractivity contribution is -0.129. The first-order valence-corrected chi connectivity index (χ1v) is 9.14. The van der Waals surface area contributed by atoms with Gasteiger partial charge in [-0.2, -0.15) is 0 Å². The van der Waals surface area contributed by atoms with Crippen molar-refractivity contribution in [1.82, 2.24) is 0 Å². The smallest absolute Gasteiger partial charge is 0.363 e. The average Bonchev–Trinajstić information content (AvgIpc) is 3.09. The molecule has 1 heterocycles. The molecule has 3 aromatic rings. The van der Waals surface area contributed by atoms with Crippen LogP contribution < -0.4 is 4.74 Å². The number of hydrogen-bond donors (Lipinski definition) is 0. The molecule has 0 unspecified atom stereocenters. The molecule has 0 aromatic heterocycles. The van der Waals surface area contributed by atoms with Gasteiger partial charge in [-0.15, -0.1) is 0 Å². The van der Waals surface area contributed by atoms with E-state index in [1.807, 2.05) is 55.5 Å². The van der Waals surface area contributed by atoms with Crippen LogP contribution in [0, 0.1) is 12.7 Å². The SMILES string of the molecule is Cc1ccc(COc2ccc(/C=C3\N=C(c4cccc(F)c4)OC3=O)cc2)cc1. The lowest BCUT2D eigenvalue weighted by atomic mass is 10.1. The summed E-state index contributed by atoms with van der Waals surface area (Å²) in [7, 11) is 0. The van der Waals surface area contributed by atoms with Gasteiger partial charge in [0.2, 0.25) is 5.90 Å². The molecule has 4 nitrogen and oxygen atoms in total. The third-order valence-electron chi connectivity index (χ3n) is 4.40. The Morgan fingerprint density at radius 1 is 1.03 bits per heavy atom. The van der Waals surface area contributed by atoms with Gasteiger partial charge in [0.05, 0.1) is 0 Å². The largest absolute Gasteiger partial charge is 0.489 e. The normalized spacial score (nSPS) is 14.6. The zero-order valence-electron chi connectivity index (χ0n) is 15.8. The van der Waals surface area contributed by atoms with Gasteiger partial charge >= 0.3 is 5.97 Å². The molecule has 0 fully saturated rings. The van der Waals surface area contributed by atoms with Gasteiger partial charge in [0.25, 0.3) is 0 Å². The number of carbonyl (C=O) groups excluding carboxylic acids is 1. The second-order valence-electron chi connectivity index (χ2n) is 6.69. The predicted molar refractivity (Wildman–Crippen MR) is 109 cm³/mol. The van der Waals surface area contributed by atoms with Crippen LogP contribution in [0.3, 0.4) is 0 Å². The molecule has 0 atom stereocenters. The number of ether oxygens (including phenoxy) is 2. The molecule has 0 amide bonds. The van der Waals surface area contributed by atoms with Crippen LogP contribution in [0.5, 0.6) is 5.75 Å². The number of benzene rings is 3. The van der Waals surface area contributed by atoms with Gasteiger partial charge in [0.15, 0.2) is 5.70 Å². The number of esters is 1. The Kier molecular flexibility index (Phi) is 5.20. The number of halogens is 1. The maximum atomic E-state index is 13.4. The quantitative estimate of drug-likeness (QED) is 0.454. The van der Waals surface area contributed by atoms with E-state index in [2.05, 4.69) is 4.99 Å². The van der Waals surface area contributed by atoms with Gasteiger partial charge < -0.3 is 9.47 Å². The van der Waals surface area contributed by atoms with Gasteiger partial charge in [0, 0.05) is 5.56 Å². The van der Waals surface area contributed by atoms with Crippen LogP contribution in [0.25, 0.3) is 6.08 Å². The van der Waals surface area contributed by atoms with E-state index < -0.39 is 11.8 Å².